The van der Waals surface area contributed by atoms with Crippen molar-refractivity contribution >= 4 is 23.8 Å². The number of amides is 3. The zero-order chi connectivity index (χ0) is 28.8. The van der Waals surface area contributed by atoms with Crippen molar-refractivity contribution in [2.45, 2.75) is 86.4 Å². The molecule has 1 fully saturated rings. The molecule has 1 aromatic carbocycles. The summed E-state index contributed by atoms with van der Waals surface area (Å²) < 4.78 is 5.59. The number of benzene rings is 1. The van der Waals surface area contributed by atoms with Crippen molar-refractivity contribution in [1.82, 2.24) is 15.9 Å². The van der Waals surface area contributed by atoms with Gasteiger partial charge < -0.3 is 4.74 Å². The van der Waals surface area contributed by atoms with Crippen LogP contribution in [-0.2, 0) is 24.0 Å². The maximum atomic E-state index is 13.8. The van der Waals surface area contributed by atoms with Crippen LogP contribution in [0.15, 0.2) is 36.4 Å². The molecule has 218 valence electrons. The van der Waals surface area contributed by atoms with Gasteiger partial charge in [0.1, 0.15) is 0 Å². The molecule has 1 aliphatic heterocycles. The van der Waals surface area contributed by atoms with Gasteiger partial charge in [-0.05, 0) is 49.0 Å². The van der Waals surface area contributed by atoms with E-state index in [-0.39, 0.29) is 35.5 Å². The highest BCUT2D eigenvalue weighted by Gasteiger charge is 2.35. The molecule has 1 aliphatic rings. The second kappa shape index (κ2) is 17.1. The summed E-state index contributed by atoms with van der Waals surface area (Å²) in [7, 11) is 0. The topological polar surface area (TPSA) is 97.0 Å². The molecule has 3 amide bonds. The number of rotatable bonds is 14. The van der Waals surface area contributed by atoms with E-state index in [9.17, 15) is 14.4 Å². The van der Waals surface area contributed by atoms with Crippen molar-refractivity contribution in [3.63, 3.8) is 0 Å². The van der Waals surface area contributed by atoms with Crippen LogP contribution in [0.3, 0.4) is 0 Å². The third-order valence-electron chi connectivity index (χ3n) is 6.49. The van der Waals surface area contributed by atoms with Crippen LogP contribution in [0.25, 0.3) is 6.08 Å². The molecule has 0 saturated carbocycles. The van der Waals surface area contributed by atoms with Crippen molar-refractivity contribution in [3.8, 4) is 0 Å². The van der Waals surface area contributed by atoms with Gasteiger partial charge in [0, 0.05) is 26.0 Å². The van der Waals surface area contributed by atoms with Gasteiger partial charge >= 0.3 is 0 Å². The molecule has 0 radical (unpaired) electrons. The van der Waals surface area contributed by atoms with Gasteiger partial charge in [0.25, 0.3) is 0 Å². The van der Waals surface area contributed by atoms with E-state index in [1.165, 1.54) is 5.01 Å². The first-order chi connectivity index (χ1) is 18.6. The highest BCUT2D eigenvalue weighted by atomic mass is 16.8. The summed E-state index contributed by atoms with van der Waals surface area (Å²) in [5.41, 5.74) is 6.48. The Morgan fingerprint density at radius 1 is 0.974 bits per heavy atom. The molecule has 0 bridgehead atoms. The van der Waals surface area contributed by atoms with Crippen molar-refractivity contribution in [2.75, 3.05) is 13.2 Å². The van der Waals surface area contributed by atoms with Crippen molar-refractivity contribution in [2.24, 2.45) is 29.6 Å². The molecule has 39 heavy (non-hydrogen) atoms. The number of nitrogens with one attached hydrogen (secondary N) is 2. The molecule has 0 spiro atoms. The quantitative estimate of drug-likeness (QED) is 0.302. The van der Waals surface area contributed by atoms with Gasteiger partial charge in [-0.1, -0.05) is 84.0 Å². The molecule has 1 aromatic rings. The number of hydrazine groups is 1. The number of nitrogens with zero attached hydrogens (tertiary/aromatic N) is 1. The van der Waals surface area contributed by atoms with E-state index in [0.717, 1.165) is 18.4 Å². The Morgan fingerprint density at radius 2 is 1.69 bits per heavy atom. The Labute approximate surface area is 234 Å². The summed E-state index contributed by atoms with van der Waals surface area (Å²) in [5, 5.41) is 1.43. The van der Waals surface area contributed by atoms with Crippen LogP contribution in [-0.4, -0.2) is 42.2 Å². The van der Waals surface area contributed by atoms with Gasteiger partial charge in [0.05, 0.1) is 11.8 Å². The Hall–Kier alpha value is -2.71. The molecule has 2 rings (SSSR count). The SMILES string of the molecule is CC(C)CC(=O)N(CC(C)C)NC(=O)C(CC(C)C)[C@@H](CC=Cc1ccccc1)C(=O)NO[C@H]1CCCCO1. The number of carbonyl (C=O) groups is 3. The third kappa shape index (κ3) is 12.3. The zero-order valence-corrected chi connectivity index (χ0v) is 24.7. The van der Waals surface area contributed by atoms with E-state index in [1.807, 2.05) is 84.0 Å². The van der Waals surface area contributed by atoms with Gasteiger partial charge in [-0.3, -0.25) is 24.8 Å². The maximum Gasteiger partial charge on any atom is 0.247 e. The van der Waals surface area contributed by atoms with Crippen LogP contribution >= 0.6 is 0 Å². The highest BCUT2D eigenvalue weighted by Crippen LogP contribution is 2.26. The maximum absolute atomic E-state index is 13.8. The summed E-state index contributed by atoms with van der Waals surface area (Å²) in [6.07, 6.45) is 7.19. The monoisotopic (exact) mass is 543 g/mol. The standard InChI is InChI=1S/C31H49N3O5/c1-22(2)19-27(30(36)32-34(21-24(5)6)28(35)20-23(3)4)26(16-12-15-25-13-8-7-9-14-25)31(37)33-39-29-17-10-11-18-38-29/h7-9,12-15,22-24,26-27,29H,10-11,16-21H2,1-6H3,(H,32,36)(H,33,37)/t26-,27?,29+/m1/s1. The summed E-state index contributed by atoms with van der Waals surface area (Å²) in [4.78, 5) is 45.8. The second-order valence-corrected chi connectivity index (χ2v) is 11.7. The molecule has 2 N–H and O–H groups in total. The first-order valence-corrected chi connectivity index (χ1v) is 14.5. The van der Waals surface area contributed by atoms with E-state index in [0.29, 0.717) is 38.8 Å². The van der Waals surface area contributed by atoms with Crippen molar-refractivity contribution in [3.05, 3.63) is 42.0 Å². The molecule has 8 nitrogen and oxygen atoms in total. The molecule has 1 heterocycles. The Bertz CT molecular complexity index is 910. The first kappa shape index (κ1) is 32.5. The summed E-state index contributed by atoms with van der Waals surface area (Å²) in [6, 6.07) is 9.82. The fraction of sp³-hybridized carbons (Fsp3) is 0.645. The minimum absolute atomic E-state index is 0.127. The summed E-state index contributed by atoms with van der Waals surface area (Å²) in [5.74, 6) is -1.70. The van der Waals surface area contributed by atoms with E-state index in [4.69, 9.17) is 9.57 Å². The van der Waals surface area contributed by atoms with Gasteiger partial charge in [-0.2, -0.15) is 0 Å². The van der Waals surface area contributed by atoms with Gasteiger partial charge in [0.15, 0.2) is 6.29 Å². The highest BCUT2D eigenvalue weighted by molar-refractivity contribution is 5.89. The lowest BCUT2D eigenvalue weighted by molar-refractivity contribution is -0.203. The van der Waals surface area contributed by atoms with Crippen LogP contribution in [0.1, 0.15) is 85.6 Å². The van der Waals surface area contributed by atoms with Crippen molar-refractivity contribution in [1.29, 1.82) is 0 Å². The molecule has 1 saturated heterocycles. The molecular weight excluding hydrogens is 494 g/mol. The smallest absolute Gasteiger partial charge is 0.247 e. The summed E-state index contributed by atoms with van der Waals surface area (Å²) >= 11 is 0. The van der Waals surface area contributed by atoms with Gasteiger partial charge in [0.2, 0.25) is 17.7 Å². The lowest BCUT2D eigenvalue weighted by Gasteiger charge is -2.31. The van der Waals surface area contributed by atoms with E-state index >= 15 is 0 Å². The predicted octanol–water partition coefficient (Wildman–Crippen LogP) is 5.50. The molecular formula is C31H49N3O5. The molecule has 0 aromatic heterocycles. The van der Waals surface area contributed by atoms with Gasteiger partial charge in [-0.15, -0.1) is 0 Å². The van der Waals surface area contributed by atoms with Gasteiger partial charge in [-0.25, -0.2) is 10.3 Å². The summed E-state index contributed by atoms with van der Waals surface area (Å²) in [6.45, 7) is 13.0. The average Bonchev–Trinajstić information content (AvgIpc) is 2.88. The number of hydrogen-bond acceptors (Lipinski definition) is 5. The number of ether oxygens (including phenoxy) is 1. The number of hydrogen-bond donors (Lipinski definition) is 2. The fourth-order valence-corrected chi connectivity index (χ4v) is 4.58. The second-order valence-electron chi connectivity index (χ2n) is 11.7. The van der Waals surface area contributed by atoms with Crippen LogP contribution in [0.4, 0.5) is 0 Å². The molecule has 3 atom stereocenters. The first-order valence-electron chi connectivity index (χ1n) is 14.5. The van der Waals surface area contributed by atoms with E-state index in [1.54, 1.807) is 0 Å². The Kier molecular flexibility index (Phi) is 14.2. The van der Waals surface area contributed by atoms with Crippen LogP contribution in [0.2, 0.25) is 0 Å². The predicted molar refractivity (Wildman–Crippen MR) is 153 cm³/mol. The largest absolute Gasteiger partial charge is 0.350 e. The number of allylic oxidation sites excluding steroid dienone is 1. The lowest BCUT2D eigenvalue weighted by atomic mass is 9.82. The zero-order valence-electron chi connectivity index (χ0n) is 24.7. The van der Waals surface area contributed by atoms with E-state index < -0.39 is 18.1 Å². The van der Waals surface area contributed by atoms with Crippen LogP contribution in [0, 0.1) is 29.6 Å². The Balaban J connectivity index is 2.27. The number of hydroxylamine groups is 1. The van der Waals surface area contributed by atoms with E-state index in [2.05, 4.69) is 10.9 Å². The molecule has 8 heteroatoms. The minimum Gasteiger partial charge on any atom is -0.350 e. The minimum atomic E-state index is -0.697. The Morgan fingerprint density at radius 3 is 2.28 bits per heavy atom. The molecule has 1 unspecified atom stereocenters. The fourth-order valence-electron chi connectivity index (χ4n) is 4.58. The normalized spacial score (nSPS) is 17.4. The lowest BCUT2D eigenvalue weighted by Crippen LogP contribution is -2.52. The van der Waals surface area contributed by atoms with Crippen molar-refractivity contribution < 1.29 is 24.0 Å². The van der Waals surface area contributed by atoms with Crippen LogP contribution < -0.4 is 10.9 Å². The third-order valence-corrected chi connectivity index (χ3v) is 6.49. The van der Waals surface area contributed by atoms with Crippen LogP contribution in [0.5, 0.6) is 0 Å². The average molecular weight is 544 g/mol. The number of carbonyl (C=O) groups excluding carboxylic acids is 3. The molecule has 0 aliphatic carbocycles.